The third-order valence-corrected chi connectivity index (χ3v) is 3.84. The lowest BCUT2D eigenvalue weighted by Gasteiger charge is -2.09. The lowest BCUT2D eigenvalue weighted by atomic mass is 10.2. The molecule has 1 N–H and O–H groups in total. The first kappa shape index (κ1) is 13.1. The molecule has 4 nitrogen and oxygen atoms in total. The summed E-state index contributed by atoms with van der Waals surface area (Å²) in [5.74, 6) is 1.47. The van der Waals surface area contributed by atoms with Crippen LogP contribution in [0.5, 0.6) is 0 Å². The van der Waals surface area contributed by atoms with Gasteiger partial charge in [-0.15, -0.1) is 11.8 Å². The molecule has 96 valence electrons. The van der Waals surface area contributed by atoms with E-state index in [1.807, 2.05) is 7.05 Å². The molecule has 0 radical (unpaired) electrons. The van der Waals surface area contributed by atoms with Gasteiger partial charge in [-0.3, -0.25) is 4.68 Å². The van der Waals surface area contributed by atoms with Gasteiger partial charge in [0.05, 0.1) is 6.10 Å². The summed E-state index contributed by atoms with van der Waals surface area (Å²) in [4.78, 5) is 5.28. The fourth-order valence-electron chi connectivity index (χ4n) is 1.60. The van der Waals surface area contributed by atoms with Crippen molar-refractivity contribution in [1.29, 1.82) is 0 Å². The van der Waals surface area contributed by atoms with E-state index < -0.39 is 6.10 Å². The number of hydrogen-bond donors (Lipinski definition) is 1. The van der Waals surface area contributed by atoms with Gasteiger partial charge in [0.15, 0.2) is 0 Å². The second kappa shape index (κ2) is 6.02. The summed E-state index contributed by atoms with van der Waals surface area (Å²) in [7, 11) is 1.84. The number of thioether (sulfide) groups is 1. The molecule has 0 aliphatic rings. The molecule has 1 unspecified atom stereocenters. The molecule has 0 bridgehead atoms. The molecule has 0 amide bonds. The highest BCUT2D eigenvalue weighted by atomic mass is 32.2. The van der Waals surface area contributed by atoms with Crippen molar-refractivity contribution in [2.45, 2.75) is 24.3 Å². The van der Waals surface area contributed by atoms with Crippen LogP contribution in [-0.2, 0) is 13.5 Å². The van der Waals surface area contributed by atoms with Gasteiger partial charge in [-0.25, -0.2) is 4.98 Å². The highest BCUT2D eigenvalue weighted by molar-refractivity contribution is 7.99. The monoisotopic (exact) mass is 263 g/mol. The molecule has 1 aromatic heterocycles. The van der Waals surface area contributed by atoms with E-state index in [-0.39, 0.29) is 0 Å². The van der Waals surface area contributed by atoms with Gasteiger partial charge in [0, 0.05) is 24.1 Å². The Morgan fingerprint density at radius 2 is 2.06 bits per heavy atom. The maximum Gasteiger partial charge on any atom is 0.138 e. The van der Waals surface area contributed by atoms with Crippen molar-refractivity contribution in [1.82, 2.24) is 14.8 Å². The molecule has 0 saturated carbocycles. The molecule has 18 heavy (non-hydrogen) atoms. The van der Waals surface area contributed by atoms with Gasteiger partial charge in [0.2, 0.25) is 0 Å². The van der Waals surface area contributed by atoms with Crippen LogP contribution in [0.3, 0.4) is 0 Å². The smallest absolute Gasteiger partial charge is 0.138 e. The summed E-state index contributed by atoms with van der Waals surface area (Å²) < 4.78 is 1.69. The summed E-state index contributed by atoms with van der Waals surface area (Å²) >= 11 is 1.66. The maximum absolute atomic E-state index is 9.96. The second-order valence-electron chi connectivity index (χ2n) is 4.28. The van der Waals surface area contributed by atoms with Gasteiger partial charge in [0.25, 0.3) is 0 Å². The molecule has 0 saturated heterocycles. The van der Waals surface area contributed by atoms with Crippen LogP contribution in [0.15, 0.2) is 35.5 Å². The standard InChI is InChI=1S/C13H17N3OS/c1-10-3-5-12(6-4-10)18-8-11(17)7-13-14-9-15-16(13)2/h3-6,9,11,17H,7-8H2,1-2H3. The van der Waals surface area contributed by atoms with Crippen LogP contribution in [0.25, 0.3) is 0 Å². The Morgan fingerprint density at radius 1 is 1.33 bits per heavy atom. The zero-order chi connectivity index (χ0) is 13.0. The number of hydrogen-bond acceptors (Lipinski definition) is 4. The van der Waals surface area contributed by atoms with E-state index in [0.717, 1.165) is 5.82 Å². The molecular weight excluding hydrogens is 246 g/mol. The lowest BCUT2D eigenvalue weighted by molar-refractivity contribution is 0.196. The second-order valence-corrected chi connectivity index (χ2v) is 5.38. The van der Waals surface area contributed by atoms with E-state index in [9.17, 15) is 5.11 Å². The van der Waals surface area contributed by atoms with E-state index >= 15 is 0 Å². The first-order chi connectivity index (χ1) is 8.65. The fraction of sp³-hybridized carbons (Fsp3) is 0.385. The molecular formula is C13H17N3OS. The number of aryl methyl sites for hydroxylation is 2. The number of benzene rings is 1. The van der Waals surface area contributed by atoms with Crippen molar-refractivity contribution < 1.29 is 5.11 Å². The Bertz CT molecular complexity index is 495. The maximum atomic E-state index is 9.96. The van der Waals surface area contributed by atoms with Gasteiger partial charge in [-0.05, 0) is 19.1 Å². The summed E-state index contributed by atoms with van der Waals surface area (Å²) in [6.45, 7) is 2.07. The third-order valence-electron chi connectivity index (χ3n) is 2.69. The van der Waals surface area contributed by atoms with E-state index in [0.29, 0.717) is 12.2 Å². The highest BCUT2D eigenvalue weighted by Gasteiger charge is 2.10. The molecule has 1 atom stereocenters. The molecule has 1 aromatic carbocycles. The van der Waals surface area contributed by atoms with Crippen LogP contribution in [-0.4, -0.2) is 31.7 Å². The van der Waals surface area contributed by atoms with E-state index in [1.165, 1.54) is 16.8 Å². The first-order valence-electron chi connectivity index (χ1n) is 5.85. The molecule has 0 aliphatic heterocycles. The molecule has 5 heteroatoms. The highest BCUT2D eigenvalue weighted by Crippen LogP contribution is 2.19. The quantitative estimate of drug-likeness (QED) is 0.836. The van der Waals surface area contributed by atoms with Crippen molar-refractivity contribution >= 4 is 11.8 Å². The van der Waals surface area contributed by atoms with Crippen molar-refractivity contribution in [2.24, 2.45) is 7.05 Å². The zero-order valence-corrected chi connectivity index (χ0v) is 11.4. The van der Waals surface area contributed by atoms with E-state index in [1.54, 1.807) is 16.4 Å². The topological polar surface area (TPSA) is 50.9 Å². The van der Waals surface area contributed by atoms with Crippen LogP contribution < -0.4 is 0 Å². The fourth-order valence-corrected chi connectivity index (χ4v) is 2.43. The third kappa shape index (κ3) is 3.58. The van der Waals surface area contributed by atoms with Crippen molar-refractivity contribution in [3.63, 3.8) is 0 Å². The van der Waals surface area contributed by atoms with Gasteiger partial charge in [0.1, 0.15) is 12.2 Å². The Labute approximate surface area is 111 Å². The lowest BCUT2D eigenvalue weighted by Crippen LogP contribution is -2.16. The summed E-state index contributed by atoms with van der Waals surface area (Å²) in [6.07, 6.45) is 1.64. The SMILES string of the molecule is Cc1ccc(SCC(O)Cc2ncnn2C)cc1. The summed E-state index contributed by atoms with van der Waals surface area (Å²) in [5, 5.41) is 13.9. The number of aromatic nitrogens is 3. The number of nitrogens with zero attached hydrogens (tertiary/aromatic N) is 3. The average Bonchev–Trinajstić information content (AvgIpc) is 2.74. The molecule has 0 fully saturated rings. The molecule has 2 rings (SSSR count). The number of rotatable bonds is 5. The summed E-state index contributed by atoms with van der Waals surface area (Å²) in [5.41, 5.74) is 1.25. The predicted molar refractivity (Wildman–Crippen MR) is 72.6 cm³/mol. The Morgan fingerprint density at radius 3 is 2.67 bits per heavy atom. The Hall–Kier alpha value is -1.33. The molecule has 2 aromatic rings. The zero-order valence-electron chi connectivity index (χ0n) is 10.6. The van der Waals surface area contributed by atoms with Crippen LogP contribution in [0.1, 0.15) is 11.4 Å². The largest absolute Gasteiger partial charge is 0.392 e. The van der Waals surface area contributed by atoms with E-state index in [4.69, 9.17) is 0 Å². The summed E-state index contributed by atoms with van der Waals surface area (Å²) in [6, 6.07) is 8.32. The van der Waals surface area contributed by atoms with Crippen molar-refractivity contribution in [3.8, 4) is 0 Å². The van der Waals surface area contributed by atoms with Gasteiger partial charge in [-0.1, -0.05) is 17.7 Å². The van der Waals surface area contributed by atoms with Crippen LogP contribution in [0.2, 0.25) is 0 Å². The van der Waals surface area contributed by atoms with Crippen LogP contribution >= 0.6 is 11.8 Å². The van der Waals surface area contributed by atoms with Crippen molar-refractivity contribution in [2.75, 3.05) is 5.75 Å². The normalized spacial score (nSPS) is 12.6. The molecule has 1 heterocycles. The number of aliphatic hydroxyl groups excluding tert-OH is 1. The van der Waals surface area contributed by atoms with Gasteiger partial charge in [-0.2, -0.15) is 5.10 Å². The van der Waals surface area contributed by atoms with Crippen LogP contribution in [0, 0.1) is 6.92 Å². The van der Waals surface area contributed by atoms with E-state index in [2.05, 4.69) is 41.3 Å². The molecule has 0 spiro atoms. The minimum absolute atomic E-state index is 0.404. The average molecular weight is 263 g/mol. The molecule has 0 aliphatic carbocycles. The number of aliphatic hydroxyl groups is 1. The minimum Gasteiger partial charge on any atom is -0.392 e. The Balaban J connectivity index is 1.83. The first-order valence-corrected chi connectivity index (χ1v) is 6.84. The van der Waals surface area contributed by atoms with Gasteiger partial charge < -0.3 is 5.11 Å². The van der Waals surface area contributed by atoms with Crippen LogP contribution in [0.4, 0.5) is 0 Å². The minimum atomic E-state index is -0.404. The van der Waals surface area contributed by atoms with Gasteiger partial charge >= 0.3 is 0 Å². The van der Waals surface area contributed by atoms with Crippen molar-refractivity contribution in [3.05, 3.63) is 42.0 Å². The Kier molecular flexibility index (Phi) is 4.38. The predicted octanol–water partition coefficient (Wildman–Crippen LogP) is 1.82.